The van der Waals surface area contributed by atoms with Crippen LogP contribution in [0.2, 0.25) is 0 Å². The second-order valence-electron chi connectivity index (χ2n) is 3.94. The fourth-order valence-electron chi connectivity index (χ4n) is 1.76. The van der Waals surface area contributed by atoms with Crippen molar-refractivity contribution in [3.8, 4) is 0 Å². The van der Waals surface area contributed by atoms with Gasteiger partial charge in [-0.05, 0) is 56.1 Å². The van der Waals surface area contributed by atoms with Crippen molar-refractivity contribution >= 4 is 27.5 Å². The van der Waals surface area contributed by atoms with E-state index in [9.17, 15) is 8.42 Å². The lowest BCUT2D eigenvalue weighted by Crippen LogP contribution is -2.20. The van der Waals surface area contributed by atoms with E-state index in [1.165, 1.54) is 10.3 Å². The van der Waals surface area contributed by atoms with Crippen LogP contribution in [0.25, 0.3) is 0 Å². The minimum absolute atomic E-state index is 0.188. The van der Waals surface area contributed by atoms with Gasteiger partial charge in [-0.2, -0.15) is 8.94 Å². The molecule has 2 rings (SSSR count). The zero-order valence-corrected chi connectivity index (χ0v) is 12.7. The molecule has 2 unspecified atom stereocenters. The molecule has 1 aliphatic rings. The molecule has 1 aromatic heterocycles. The molecule has 1 aromatic rings. The van der Waals surface area contributed by atoms with Crippen LogP contribution in [0.5, 0.6) is 0 Å². The van der Waals surface area contributed by atoms with Gasteiger partial charge in [0.2, 0.25) is 0 Å². The van der Waals surface area contributed by atoms with Gasteiger partial charge >= 0.3 is 0 Å². The summed E-state index contributed by atoms with van der Waals surface area (Å²) in [4.78, 5) is 0. The summed E-state index contributed by atoms with van der Waals surface area (Å²) < 4.78 is 27.7. The van der Waals surface area contributed by atoms with Gasteiger partial charge in [-0.25, -0.2) is 8.42 Å². The molecule has 0 N–H and O–H groups in total. The molecule has 0 aromatic carbocycles. The lowest BCUT2D eigenvalue weighted by Gasteiger charge is -2.25. The highest BCUT2D eigenvalue weighted by molar-refractivity contribution is 7.97. The van der Waals surface area contributed by atoms with E-state index in [4.69, 9.17) is 0 Å². The maximum Gasteiger partial charge on any atom is 0.268 e. The number of rotatable bonds is 5. The third kappa shape index (κ3) is 2.55. The minimum Gasteiger partial charge on any atom is -0.268 e. The van der Waals surface area contributed by atoms with Crippen LogP contribution in [0.3, 0.4) is 0 Å². The fraction of sp³-hybridized carbons (Fsp3) is 0.667. The highest BCUT2D eigenvalue weighted by Gasteiger charge is 2.27. The summed E-state index contributed by atoms with van der Waals surface area (Å²) in [6.45, 7) is 3.74. The third-order valence-corrected chi connectivity index (χ3v) is 8.86. The van der Waals surface area contributed by atoms with E-state index >= 15 is 0 Å². The van der Waals surface area contributed by atoms with E-state index < -0.39 is 10.0 Å². The Labute approximate surface area is 106 Å². The lowest BCUT2D eigenvalue weighted by molar-refractivity contribution is 0.286. The Morgan fingerprint density at radius 1 is 1.41 bits per heavy atom. The molecule has 8 heteroatoms. The number of hydrogen-bond donors (Lipinski definition) is 0. The molecular weight excluding hydrogens is 276 g/mol. The fourth-order valence-corrected chi connectivity index (χ4v) is 5.75. The van der Waals surface area contributed by atoms with Crippen molar-refractivity contribution in [1.29, 1.82) is 0 Å². The second kappa shape index (κ2) is 5.31. The minimum atomic E-state index is -3.37. The number of hydrogen-bond acceptors (Lipinski definition) is 3. The van der Waals surface area contributed by atoms with Crippen LogP contribution in [0.1, 0.15) is 25.3 Å². The van der Waals surface area contributed by atoms with Crippen molar-refractivity contribution < 1.29 is 8.42 Å². The van der Waals surface area contributed by atoms with Gasteiger partial charge in [0.25, 0.3) is 10.0 Å². The van der Waals surface area contributed by atoms with Gasteiger partial charge in [0, 0.05) is 6.20 Å². The zero-order valence-electron chi connectivity index (χ0n) is 9.92. The quantitative estimate of drug-likeness (QED) is 0.781. The van der Waals surface area contributed by atoms with Crippen LogP contribution in [0.4, 0.5) is 0 Å². The normalized spacial score (nSPS) is 18.8. The molecule has 0 bridgehead atoms. The summed E-state index contributed by atoms with van der Waals surface area (Å²) in [6.07, 6.45) is 5.21. The first-order chi connectivity index (χ1) is 8.09. The maximum atomic E-state index is 12.2. The molecule has 1 saturated carbocycles. The van der Waals surface area contributed by atoms with E-state index in [-0.39, 0.29) is 22.5 Å². The monoisotopic (exact) mass is 293 g/mol. The van der Waals surface area contributed by atoms with Crippen molar-refractivity contribution in [2.75, 3.05) is 13.3 Å². The average molecular weight is 293 g/mol. The molecule has 0 radical (unpaired) electrons. The molecule has 1 fully saturated rings. The van der Waals surface area contributed by atoms with Gasteiger partial charge in [-0.3, -0.25) is 4.68 Å². The van der Waals surface area contributed by atoms with Gasteiger partial charge < -0.3 is 0 Å². The Balaban J connectivity index is 2.23. The third-order valence-electron chi connectivity index (χ3n) is 2.94. The smallest absolute Gasteiger partial charge is 0.268 e. The van der Waals surface area contributed by atoms with Crippen LogP contribution >= 0.6 is 17.5 Å². The Morgan fingerprint density at radius 2 is 2.06 bits per heavy atom. The van der Waals surface area contributed by atoms with Crippen LogP contribution in [0, 0.1) is 0 Å². The van der Waals surface area contributed by atoms with E-state index in [1.807, 2.05) is 13.3 Å². The highest BCUT2D eigenvalue weighted by atomic mass is 32.2. The van der Waals surface area contributed by atoms with Crippen LogP contribution in [0.15, 0.2) is 17.3 Å². The van der Waals surface area contributed by atoms with Gasteiger partial charge in [-0.1, -0.05) is 0 Å². The lowest BCUT2D eigenvalue weighted by atomic mass is 9.93. The van der Waals surface area contributed by atoms with E-state index in [2.05, 4.69) is 5.10 Å². The summed E-state index contributed by atoms with van der Waals surface area (Å²) in [5.74, 6) is 0. The first-order valence-electron chi connectivity index (χ1n) is 5.55. The number of sulfonamides is 1. The van der Waals surface area contributed by atoms with Crippen molar-refractivity contribution in [2.45, 2.75) is 30.3 Å². The summed E-state index contributed by atoms with van der Waals surface area (Å²) in [5, 5.41) is 4.40. The number of nitrogens with zero attached hydrogens (tertiary/aromatic N) is 3. The van der Waals surface area contributed by atoms with E-state index in [0.29, 0.717) is 6.04 Å². The SMILES string of the molecule is CPN(PC)S(=O)(=O)c1ccn(C2CCC2)n1. The predicted octanol–water partition coefficient (Wildman–Crippen LogP) is 2.05. The first kappa shape index (κ1) is 13.4. The Morgan fingerprint density at radius 3 is 2.53 bits per heavy atom. The van der Waals surface area contributed by atoms with Gasteiger partial charge in [-0.15, -0.1) is 0 Å². The van der Waals surface area contributed by atoms with Crippen molar-refractivity contribution in [1.82, 2.24) is 13.6 Å². The summed E-state index contributed by atoms with van der Waals surface area (Å²) in [7, 11) is -2.87. The molecule has 0 amide bonds. The number of aromatic nitrogens is 2. The van der Waals surface area contributed by atoms with Crippen LogP contribution in [-0.2, 0) is 10.0 Å². The summed E-state index contributed by atoms with van der Waals surface area (Å²) >= 11 is 0. The second-order valence-corrected chi connectivity index (χ2v) is 8.55. The summed E-state index contributed by atoms with van der Waals surface area (Å²) in [5.41, 5.74) is 0. The van der Waals surface area contributed by atoms with Crippen molar-refractivity contribution in [3.63, 3.8) is 0 Å². The Kier molecular flexibility index (Phi) is 4.19. The van der Waals surface area contributed by atoms with Crippen LogP contribution in [-0.4, -0.2) is 35.4 Å². The Bertz CT molecular complexity index is 480. The van der Waals surface area contributed by atoms with E-state index in [0.717, 1.165) is 12.8 Å². The molecule has 5 nitrogen and oxygen atoms in total. The standard InChI is InChI=1S/C9H17N3O2P2S/c1-15-12(16-2)17(13,14)9-6-7-11(10-9)8-4-3-5-8/h6-8,15-16H,3-5H2,1-2H3. The molecule has 17 heavy (non-hydrogen) atoms. The van der Waals surface area contributed by atoms with Crippen molar-refractivity contribution in [2.24, 2.45) is 0 Å². The van der Waals surface area contributed by atoms with E-state index in [1.54, 1.807) is 16.9 Å². The maximum absolute atomic E-state index is 12.2. The molecule has 0 aliphatic heterocycles. The van der Waals surface area contributed by atoms with Crippen LogP contribution < -0.4 is 0 Å². The molecule has 1 heterocycles. The van der Waals surface area contributed by atoms with Gasteiger partial charge in [0.15, 0.2) is 5.03 Å². The molecule has 2 atom stereocenters. The molecule has 0 saturated heterocycles. The predicted molar refractivity (Wildman–Crippen MR) is 72.6 cm³/mol. The summed E-state index contributed by atoms with van der Waals surface area (Å²) in [6, 6.07) is 2.02. The topological polar surface area (TPSA) is 55.2 Å². The molecule has 0 spiro atoms. The van der Waals surface area contributed by atoms with Crippen molar-refractivity contribution in [3.05, 3.63) is 12.3 Å². The molecule has 1 aliphatic carbocycles. The zero-order chi connectivity index (χ0) is 12.5. The molecule has 96 valence electrons. The average Bonchev–Trinajstić information content (AvgIpc) is 2.66. The molecular formula is C9H17N3O2P2S. The van der Waals surface area contributed by atoms with Gasteiger partial charge in [0.05, 0.1) is 6.04 Å². The first-order valence-corrected chi connectivity index (χ1v) is 9.88. The van der Waals surface area contributed by atoms with Gasteiger partial charge in [0.1, 0.15) is 0 Å². The highest BCUT2D eigenvalue weighted by Crippen LogP contribution is 2.36. The largest absolute Gasteiger partial charge is 0.268 e. The Hall–Kier alpha value is -0.0200.